The molecule has 0 bridgehead atoms. The minimum atomic E-state index is 0.645. The molecule has 78 heavy (non-hydrogen) atoms. The maximum atomic E-state index is 5.47. The van der Waals surface area contributed by atoms with Gasteiger partial charge in [0.05, 0.1) is 56.2 Å². The van der Waals surface area contributed by atoms with Crippen molar-refractivity contribution in [3.63, 3.8) is 0 Å². The summed E-state index contributed by atoms with van der Waals surface area (Å²) in [5.41, 5.74) is 19.4. The number of nitrogens with zero attached hydrogens (tertiary/aromatic N) is 6. The zero-order chi connectivity index (χ0) is 53.0. The van der Waals surface area contributed by atoms with Gasteiger partial charge in [-0.3, -0.25) is 9.97 Å². The van der Waals surface area contributed by atoms with Gasteiger partial charge in [-0.1, -0.05) is 228 Å². The SMILES string of the molecule is CC.CC.c1ccc(-c2nc(-c3ccccc3-n3c4ccccc4c4ccc(-c5cccnc5-c5ccccc5)cc43)cc(-c3ccccc3-n3c4ccccc4c4ccc(-c5cccnc5-c5ccccc5)cc43)n2)cc1. The van der Waals surface area contributed by atoms with Crippen LogP contribution in [0, 0.1) is 0 Å². The van der Waals surface area contributed by atoms with Crippen molar-refractivity contribution in [2.75, 3.05) is 0 Å². The van der Waals surface area contributed by atoms with Crippen LogP contribution in [0.5, 0.6) is 0 Å². The summed E-state index contributed by atoms with van der Waals surface area (Å²) in [6, 6.07) is 90.0. The number of benzene rings is 9. The average Bonchev–Trinajstić information content (AvgIpc) is 4.10. The van der Waals surface area contributed by atoms with Crippen LogP contribution in [0.15, 0.2) is 267 Å². The van der Waals surface area contributed by atoms with Gasteiger partial charge in [-0.15, -0.1) is 0 Å². The smallest absolute Gasteiger partial charge is 0.160 e. The first-order valence-corrected chi connectivity index (χ1v) is 27.0. The highest BCUT2D eigenvalue weighted by Crippen LogP contribution is 2.43. The first-order chi connectivity index (χ1) is 38.7. The predicted octanol–water partition coefficient (Wildman–Crippen LogP) is 19.2. The Hall–Kier alpha value is -10.0. The van der Waals surface area contributed by atoms with Gasteiger partial charge in [-0.25, -0.2) is 9.97 Å². The number of pyridine rings is 2. The summed E-state index contributed by atoms with van der Waals surface area (Å²) >= 11 is 0. The van der Waals surface area contributed by atoms with Crippen LogP contribution in [-0.4, -0.2) is 29.1 Å². The lowest BCUT2D eigenvalue weighted by atomic mass is 9.98. The molecule has 0 fully saturated rings. The molecule has 9 aromatic carbocycles. The molecule has 0 radical (unpaired) electrons. The van der Waals surface area contributed by atoms with E-state index >= 15 is 0 Å². The Morgan fingerprint density at radius 2 is 0.628 bits per heavy atom. The van der Waals surface area contributed by atoms with Gasteiger partial charge >= 0.3 is 0 Å². The van der Waals surface area contributed by atoms with Gasteiger partial charge in [0.25, 0.3) is 0 Å². The van der Waals surface area contributed by atoms with Gasteiger partial charge in [0, 0.05) is 72.9 Å². The first kappa shape index (κ1) is 48.9. The second-order valence-electron chi connectivity index (χ2n) is 18.6. The maximum Gasteiger partial charge on any atom is 0.160 e. The van der Waals surface area contributed by atoms with Crippen LogP contribution in [0.2, 0.25) is 0 Å². The first-order valence-electron chi connectivity index (χ1n) is 27.0. The van der Waals surface area contributed by atoms with Crippen LogP contribution in [-0.2, 0) is 0 Å². The van der Waals surface area contributed by atoms with Crippen LogP contribution in [0.4, 0.5) is 0 Å². The molecule has 374 valence electrons. The van der Waals surface area contributed by atoms with Crippen LogP contribution in [0.25, 0.3) is 134 Å². The van der Waals surface area contributed by atoms with Crippen LogP contribution >= 0.6 is 0 Å². The summed E-state index contributed by atoms with van der Waals surface area (Å²) in [4.78, 5) is 20.7. The van der Waals surface area contributed by atoms with E-state index in [1.165, 1.54) is 21.5 Å². The fraction of sp³-hybridized carbons (Fsp3) is 0.0556. The highest BCUT2D eigenvalue weighted by Gasteiger charge is 2.22. The predicted molar refractivity (Wildman–Crippen MR) is 327 cm³/mol. The summed E-state index contributed by atoms with van der Waals surface area (Å²) in [5, 5.41) is 4.69. The van der Waals surface area contributed by atoms with Crippen LogP contribution < -0.4 is 0 Å². The largest absolute Gasteiger partial charge is 0.309 e. The van der Waals surface area contributed by atoms with Crippen molar-refractivity contribution in [3.05, 3.63) is 267 Å². The van der Waals surface area contributed by atoms with E-state index in [9.17, 15) is 0 Å². The van der Waals surface area contributed by atoms with Gasteiger partial charge in [0.15, 0.2) is 5.82 Å². The third-order valence-electron chi connectivity index (χ3n) is 14.3. The number of fused-ring (bicyclic) bond motifs is 6. The monoisotopic (exact) mass is 1000 g/mol. The lowest BCUT2D eigenvalue weighted by molar-refractivity contribution is 1.14. The lowest BCUT2D eigenvalue weighted by Crippen LogP contribution is -2.02. The van der Waals surface area contributed by atoms with Gasteiger partial charge in [-0.05, 0) is 65.7 Å². The number of aromatic nitrogens is 6. The summed E-state index contributed by atoms with van der Waals surface area (Å²) in [7, 11) is 0. The summed E-state index contributed by atoms with van der Waals surface area (Å²) < 4.78 is 4.81. The molecular formula is C72H56N6. The minimum Gasteiger partial charge on any atom is -0.309 e. The third-order valence-corrected chi connectivity index (χ3v) is 14.3. The Morgan fingerprint density at radius 3 is 1.08 bits per heavy atom. The van der Waals surface area contributed by atoms with Gasteiger partial charge in [0.1, 0.15) is 0 Å². The van der Waals surface area contributed by atoms with Crippen molar-refractivity contribution in [1.29, 1.82) is 0 Å². The zero-order valence-electron chi connectivity index (χ0n) is 44.1. The molecule has 14 aromatic rings. The topological polar surface area (TPSA) is 61.4 Å². The molecule has 5 heterocycles. The third kappa shape index (κ3) is 8.79. The minimum absolute atomic E-state index is 0.645. The van der Waals surface area contributed by atoms with Gasteiger partial charge < -0.3 is 9.13 Å². The van der Waals surface area contributed by atoms with E-state index in [-0.39, 0.29) is 0 Å². The zero-order valence-corrected chi connectivity index (χ0v) is 44.1. The Bertz CT molecular complexity index is 4160. The molecule has 5 aromatic heterocycles. The van der Waals surface area contributed by atoms with Crippen molar-refractivity contribution >= 4 is 43.6 Å². The molecule has 0 aliphatic carbocycles. The van der Waals surface area contributed by atoms with E-state index in [1.54, 1.807) is 0 Å². The van der Waals surface area contributed by atoms with Crippen molar-refractivity contribution in [3.8, 4) is 90.0 Å². The molecule has 0 aliphatic rings. The molecule has 0 N–H and O–H groups in total. The molecule has 0 atom stereocenters. The molecule has 6 nitrogen and oxygen atoms in total. The normalized spacial score (nSPS) is 11.1. The average molecular weight is 1010 g/mol. The molecular weight excluding hydrogens is 949 g/mol. The Labute approximate surface area is 455 Å². The standard InChI is InChI=1S/C68H44N6.2C2H6/c1-4-20-45(21-5-1)66-50(30-18-40-69-66)48-36-38-54-52-26-10-14-32-60(52)73(64(54)42-48)62-34-16-12-28-56(62)58-44-59(72-68(71-58)47-24-8-3-9-25-47)57-29-13-17-35-63(57)74-61-33-15-11-27-53(61)55-39-37-49(43-65(55)74)51-31-19-41-70-67(51)46-22-6-2-7-23-46;2*1-2/h1-44H;2*1-2H3. The molecule has 0 spiro atoms. The van der Waals surface area contributed by atoms with Gasteiger partial charge in [-0.2, -0.15) is 0 Å². The molecule has 0 saturated heterocycles. The second kappa shape index (κ2) is 21.7. The van der Waals surface area contributed by atoms with E-state index in [4.69, 9.17) is 19.9 Å². The number of hydrogen-bond donors (Lipinski definition) is 0. The molecule has 0 aliphatic heterocycles. The van der Waals surface area contributed by atoms with Crippen LogP contribution in [0.1, 0.15) is 27.7 Å². The molecule has 0 unspecified atom stereocenters. The summed E-state index contributed by atoms with van der Waals surface area (Å²) in [6.45, 7) is 8.00. The Morgan fingerprint density at radius 1 is 0.269 bits per heavy atom. The quantitative estimate of drug-likeness (QED) is 0.145. The van der Waals surface area contributed by atoms with Crippen LogP contribution in [0.3, 0.4) is 0 Å². The van der Waals surface area contributed by atoms with E-state index in [0.717, 1.165) is 106 Å². The van der Waals surface area contributed by atoms with Crippen molar-refractivity contribution in [2.24, 2.45) is 0 Å². The summed E-state index contributed by atoms with van der Waals surface area (Å²) in [6.07, 6.45) is 3.75. The van der Waals surface area contributed by atoms with Crippen molar-refractivity contribution < 1.29 is 0 Å². The molecule has 6 heteroatoms. The van der Waals surface area contributed by atoms with Crippen molar-refractivity contribution in [2.45, 2.75) is 27.7 Å². The summed E-state index contributed by atoms with van der Waals surface area (Å²) in [5.74, 6) is 0.645. The number of rotatable bonds is 9. The van der Waals surface area contributed by atoms with E-state index < -0.39 is 0 Å². The van der Waals surface area contributed by atoms with E-state index in [1.807, 2.05) is 70.4 Å². The number of para-hydroxylation sites is 4. The highest BCUT2D eigenvalue weighted by atomic mass is 15.0. The lowest BCUT2D eigenvalue weighted by Gasteiger charge is -2.17. The van der Waals surface area contributed by atoms with E-state index in [2.05, 4.69) is 234 Å². The van der Waals surface area contributed by atoms with E-state index in [0.29, 0.717) is 5.82 Å². The molecule has 0 saturated carbocycles. The molecule has 0 amide bonds. The van der Waals surface area contributed by atoms with Crippen molar-refractivity contribution in [1.82, 2.24) is 29.1 Å². The second-order valence-corrected chi connectivity index (χ2v) is 18.6. The number of hydrogen-bond acceptors (Lipinski definition) is 4. The Kier molecular flexibility index (Phi) is 13.6. The fourth-order valence-corrected chi connectivity index (χ4v) is 10.9. The molecule has 14 rings (SSSR count). The Balaban J connectivity index is 0.00000149. The van der Waals surface area contributed by atoms with Gasteiger partial charge in [0.2, 0.25) is 0 Å². The maximum absolute atomic E-state index is 5.47. The highest BCUT2D eigenvalue weighted by molar-refractivity contribution is 6.12. The fourth-order valence-electron chi connectivity index (χ4n) is 10.9.